The van der Waals surface area contributed by atoms with Crippen LogP contribution in [0.2, 0.25) is 0 Å². The molecule has 3 aromatic heterocycles. The molecule has 5 rings (SSSR count). The SMILES string of the molecule is Nc1ncnn2c(C3CCC3)nc(-c3nc4ccccc4[nH]3)c12. The lowest BCUT2D eigenvalue weighted by Gasteiger charge is -2.23. The Morgan fingerprint density at radius 3 is 2.83 bits per heavy atom. The van der Waals surface area contributed by atoms with Crippen molar-refractivity contribution in [2.24, 2.45) is 0 Å². The van der Waals surface area contributed by atoms with Crippen LogP contribution < -0.4 is 5.73 Å². The number of H-pyrrole nitrogens is 1. The molecule has 1 aromatic carbocycles. The van der Waals surface area contributed by atoms with E-state index in [0.29, 0.717) is 17.6 Å². The van der Waals surface area contributed by atoms with Gasteiger partial charge in [-0.2, -0.15) is 5.10 Å². The van der Waals surface area contributed by atoms with Crippen LogP contribution in [0.1, 0.15) is 31.0 Å². The highest BCUT2D eigenvalue weighted by atomic mass is 15.3. The van der Waals surface area contributed by atoms with Crippen molar-refractivity contribution in [3.8, 4) is 11.5 Å². The van der Waals surface area contributed by atoms with Gasteiger partial charge in [0.05, 0.1) is 11.0 Å². The predicted octanol–water partition coefficient (Wildman–Crippen LogP) is 2.52. The number of aromatic amines is 1. The lowest BCUT2D eigenvalue weighted by Crippen LogP contribution is -2.14. The zero-order chi connectivity index (χ0) is 15.4. The quantitative estimate of drug-likeness (QED) is 0.593. The molecule has 0 radical (unpaired) electrons. The Bertz CT molecular complexity index is 992. The number of aromatic nitrogens is 6. The Kier molecular flexibility index (Phi) is 2.47. The Morgan fingerprint density at radius 2 is 2.04 bits per heavy atom. The fraction of sp³-hybridized carbons (Fsp3) is 0.250. The summed E-state index contributed by atoms with van der Waals surface area (Å²) in [5.41, 5.74) is 9.44. The third-order valence-corrected chi connectivity index (χ3v) is 4.57. The minimum Gasteiger partial charge on any atom is -0.382 e. The molecular weight excluding hydrogens is 290 g/mol. The van der Waals surface area contributed by atoms with Crippen LogP contribution in [-0.2, 0) is 0 Å². The molecule has 7 heteroatoms. The van der Waals surface area contributed by atoms with Crippen LogP contribution in [0.3, 0.4) is 0 Å². The predicted molar refractivity (Wildman–Crippen MR) is 86.9 cm³/mol. The number of fused-ring (bicyclic) bond motifs is 2. The summed E-state index contributed by atoms with van der Waals surface area (Å²) in [6.07, 6.45) is 5.00. The molecule has 114 valence electrons. The minimum atomic E-state index is 0.425. The molecule has 0 unspecified atom stereocenters. The third kappa shape index (κ3) is 1.76. The van der Waals surface area contributed by atoms with Gasteiger partial charge < -0.3 is 10.7 Å². The van der Waals surface area contributed by atoms with Crippen molar-refractivity contribution in [2.45, 2.75) is 25.2 Å². The maximum atomic E-state index is 6.11. The molecule has 0 bridgehead atoms. The summed E-state index contributed by atoms with van der Waals surface area (Å²) in [4.78, 5) is 16.9. The van der Waals surface area contributed by atoms with Gasteiger partial charge in [-0.05, 0) is 25.0 Å². The number of para-hydroxylation sites is 2. The van der Waals surface area contributed by atoms with E-state index in [1.165, 1.54) is 12.7 Å². The summed E-state index contributed by atoms with van der Waals surface area (Å²) in [5, 5.41) is 4.37. The molecule has 1 saturated carbocycles. The molecule has 1 aliphatic rings. The first-order valence-corrected chi connectivity index (χ1v) is 7.75. The molecular formula is C16H15N7. The molecule has 3 heterocycles. The molecule has 7 nitrogen and oxygen atoms in total. The number of imidazole rings is 2. The van der Waals surface area contributed by atoms with E-state index >= 15 is 0 Å². The van der Waals surface area contributed by atoms with Gasteiger partial charge in [-0.15, -0.1) is 0 Å². The molecule has 0 atom stereocenters. The summed E-state index contributed by atoms with van der Waals surface area (Å²) in [6, 6.07) is 7.92. The highest BCUT2D eigenvalue weighted by Crippen LogP contribution is 2.38. The zero-order valence-corrected chi connectivity index (χ0v) is 12.4. The molecule has 1 aliphatic carbocycles. The van der Waals surface area contributed by atoms with Crippen molar-refractivity contribution >= 4 is 22.4 Å². The number of nitrogens with one attached hydrogen (secondary N) is 1. The first kappa shape index (κ1) is 12.6. The van der Waals surface area contributed by atoms with Crippen LogP contribution in [0.5, 0.6) is 0 Å². The maximum absolute atomic E-state index is 6.11. The Labute approximate surface area is 131 Å². The van der Waals surface area contributed by atoms with Gasteiger partial charge in [0.15, 0.2) is 11.6 Å². The van der Waals surface area contributed by atoms with Crippen LogP contribution >= 0.6 is 0 Å². The van der Waals surface area contributed by atoms with Gasteiger partial charge in [0.1, 0.15) is 23.4 Å². The number of nitrogen functional groups attached to an aromatic ring is 1. The Hall–Kier alpha value is -2.96. The summed E-state index contributed by atoms with van der Waals surface area (Å²) < 4.78 is 1.83. The number of nitrogens with two attached hydrogens (primary N) is 1. The number of rotatable bonds is 2. The highest BCUT2D eigenvalue weighted by molar-refractivity contribution is 5.86. The van der Waals surface area contributed by atoms with E-state index in [9.17, 15) is 0 Å². The van der Waals surface area contributed by atoms with Crippen molar-refractivity contribution in [3.05, 3.63) is 36.4 Å². The van der Waals surface area contributed by atoms with E-state index in [1.54, 1.807) is 0 Å². The molecule has 0 aliphatic heterocycles. The second-order valence-corrected chi connectivity index (χ2v) is 5.95. The van der Waals surface area contributed by atoms with Crippen molar-refractivity contribution in [3.63, 3.8) is 0 Å². The van der Waals surface area contributed by atoms with Crippen molar-refractivity contribution in [2.75, 3.05) is 5.73 Å². The fourth-order valence-corrected chi connectivity index (χ4v) is 3.14. The smallest absolute Gasteiger partial charge is 0.159 e. The average Bonchev–Trinajstić information content (AvgIpc) is 3.08. The Morgan fingerprint density at radius 1 is 1.17 bits per heavy atom. The van der Waals surface area contributed by atoms with Crippen molar-refractivity contribution in [1.82, 2.24) is 29.5 Å². The molecule has 3 N–H and O–H groups in total. The third-order valence-electron chi connectivity index (χ3n) is 4.57. The van der Waals surface area contributed by atoms with Crippen molar-refractivity contribution < 1.29 is 0 Å². The first-order chi connectivity index (χ1) is 11.3. The van der Waals surface area contributed by atoms with Crippen LogP contribution in [0.4, 0.5) is 5.82 Å². The second-order valence-electron chi connectivity index (χ2n) is 5.95. The highest BCUT2D eigenvalue weighted by Gasteiger charge is 2.28. The summed E-state index contributed by atoms with van der Waals surface area (Å²) in [7, 11) is 0. The van der Waals surface area contributed by atoms with E-state index in [0.717, 1.165) is 40.9 Å². The molecule has 0 spiro atoms. The van der Waals surface area contributed by atoms with Gasteiger partial charge >= 0.3 is 0 Å². The molecule has 1 fully saturated rings. The molecule has 23 heavy (non-hydrogen) atoms. The maximum Gasteiger partial charge on any atom is 0.159 e. The van der Waals surface area contributed by atoms with E-state index in [4.69, 9.17) is 10.7 Å². The van der Waals surface area contributed by atoms with E-state index in [2.05, 4.69) is 20.1 Å². The average molecular weight is 305 g/mol. The summed E-state index contributed by atoms with van der Waals surface area (Å²) in [6.45, 7) is 0. The monoisotopic (exact) mass is 305 g/mol. The van der Waals surface area contributed by atoms with Gasteiger partial charge in [0.2, 0.25) is 0 Å². The summed E-state index contributed by atoms with van der Waals surface area (Å²) in [5.74, 6) is 2.52. The number of hydrogen-bond acceptors (Lipinski definition) is 5. The van der Waals surface area contributed by atoms with Gasteiger partial charge in [-0.3, -0.25) is 0 Å². The van der Waals surface area contributed by atoms with Crippen LogP contribution in [-0.4, -0.2) is 29.5 Å². The normalized spacial score (nSPS) is 15.3. The molecule has 4 aromatic rings. The Balaban J connectivity index is 1.80. The fourth-order valence-electron chi connectivity index (χ4n) is 3.14. The lowest BCUT2D eigenvalue weighted by atomic mass is 9.85. The van der Waals surface area contributed by atoms with E-state index in [1.807, 2.05) is 28.8 Å². The van der Waals surface area contributed by atoms with Crippen LogP contribution in [0, 0.1) is 0 Å². The number of anilines is 1. The second kappa shape index (κ2) is 4.52. The topological polar surface area (TPSA) is 97.8 Å². The molecule has 0 saturated heterocycles. The number of benzene rings is 1. The van der Waals surface area contributed by atoms with Gasteiger partial charge in [0, 0.05) is 5.92 Å². The largest absolute Gasteiger partial charge is 0.382 e. The standard InChI is InChI=1S/C16H15N7/c17-14-13-12(15-20-10-6-1-2-7-11(10)21-15)22-16(9-4-3-5-9)23(13)19-8-18-14/h1-2,6-9H,3-5H2,(H,20,21)(H2,17,18,19). The van der Waals surface area contributed by atoms with E-state index < -0.39 is 0 Å². The van der Waals surface area contributed by atoms with Gasteiger partial charge in [-0.1, -0.05) is 18.6 Å². The summed E-state index contributed by atoms with van der Waals surface area (Å²) >= 11 is 0. The number of hydrogen-bond donors (Lipinski definition) is 2. The minimum absolute atomic E-state index is 0.425. The zero-order valence-electron chi connectivity index (χ0n) is 12.4. The van der Waals surface area contributed by atoms with Gasteiger partial charge in [-0.25, -0.2) is 19.5 Å². The van der Waals surface area contributed by atoms with Crippen molar-refractivity contribution in [1.29, 1.82) is 0 Å². The lowest BCUT2D eigenvalue weighted by molar-refractivity contribution is 0.396. The first-order valence-electron chi connectivity index (χ1n) is 7.75. The van der Waals surface area contributed by atoms with Crippen LogP contribution in [0.25, 0.3) is 28.1 Å². The van der Waals surface area contributed by atoms with Gasteiger partial charge in [0.25, 0.3) is 0 Å². The number of nitrogens with zero attached hydrogens (tertiary/aromatic N) is 5. The van der Waals surface area contributed by atoms with Crippen LogP contribution in [0.15, 0.2) is 30.6 Å². The molecule has 0 amide bonds. The van der Waals surface area contributed by atoms with E-state index in [-0.39, 0.29) is 0 Å².